The molecule has 0 atom stereocenters. The minimum absolute atomic E-state index is 0.244. The summed E-state index contributed by atoms with van der Waals surface area (Å²) in [4.78, 5) is 18.2. The van der Waals surface area contributed by atoms with E-state index in [9.17, 15) is 5.11 Å². The van der Waals surface area contributed by atoms with Gasteiger partial charge in [-0.25, -0.2) is 9.97 Å². The van der Waals surface area contributed by atoms with Crippen LogP contribution in [0.2, 0.25) is 0 Å². The van der Waals surface area contributed by atoms with Gasteiger partial charge in [0.05, 0.1) is 6.10 Å². The van der Waals surface area contributed by atoms with Crippen molar-refractivity contribution >= 4 is 23.2 Å². The van der Waals surface area contributed by atoms with Gasteiger partial charge in [-0.2, -0.15) is 0 Å². The van der Waals surface area contributed by atoms with Crippen LogP contribution < -0.4 is 4.90 Å². The number of aromatic nitrogens is 2. The van der Waals surface area contributed by atoms with Crippen LogP contribution in [0.15, 0.2) is 60.4 Å². The van der Waals surface area contributed by atoms with E-state index in [0.717, 1.165) is 59.6 Å². The molecule has 0 amide bonds. The first kappa shape index (κ1) is 23.4. The summed E-state index contributed by atoms with van der Waals surface area (Å²) >= 11 is 0. The third-order valence-corrected chi connectivity index (χ3v) is 5.49. The molecule has 1 aromatic carbocycles. The summed E-state index contributed by atoms with van der Waals surface area (Å²) in [5, 5.41) is 9.97. The van der Waals surface area contributed by atoms with E-state index < -0.39 is 0 Å². The SMILES string of the molecule is C=C/C(=C\N(C)C)c1cccc(-c2ncc(C(/C=N\C)=C/C)c(N3CCC(O)CC3)n2)c1. The molecule has 1 saturated heterocycles. The largest absolute Gasteiger partial charge is 0.393 e. The molecule has 168 valence electrons. The van der Waals surface area contributed by atoms with Crippen molar-refractivity contribution in [3.8, 4) is 11.4 Å². The van der Waals surface area contributed by atoms with Gasteiger partial charge in [-0.3, -0.25) is 4.99 Å². The van der Waals surface area contributed by atoms with Crippen molar-refractivity contribution < 1.29 is 5.11 Å². The molecule has 6 nitrogen and oxygen atoms in total. The van der Waals surface area contributed by atoms with E-state index in [2.05, 4.69) is 28.6 Å². The fourth-order valence-corrected chi connectivity index (χ4v) is 3.83. The number of hydrogen-bond acceptors (Lipinski definition) is 6. The van der Waals surface area contributed by atoms with Crippen molar-refractivity contribution in [1.29, 1.82) is 0 Å². The number of aliphatic hydroxyl groups is 1. The Morgan fingerprint density at radius 1 is 1.25 bits per heavy atom. The Labute approximate surface area is 191 Å². The van der Waals surface area contributed by atoms with E-state index in [4.69, 9.17) is 9.97 Å². The fraction of sp³-hybridized carbons (Fsp3) is 0.346. The van der Waals surface area contributed by atoms with Crippen LogP contribution in [0.5, 0.6) is 0 Å². The topological polar surface area (TPSA) is 64.9 Å². The summed E-state index contributed by atoms with van der Waals surface area (Å²) < 4.78 is 0. The van der Waals surface area contributed by atoms with E-state index in [-0.39, 0.29) is 6.10 Å². The zero-order valence-electron chi connectivity index (χ0n) is 19.5. The summed E-state index contributed by atoms with van der Waals surface area (Å²) in [6, 6.07) is 8.22. The number of allylic oxidation sites excluding steroid dienone is 4. The van der Waals surface area contributed by atoms with E-state index in [1.165, 1.54) is 0 Å². The summed E-state index contributed by atoms with van der Waals surface area (Å²) in [7, 11) is 5.75. The van der Waals surface area contributed by atoms with Crippen LogP contribution in [-0.2, 0) is 0 Å². The quantitative estimate of drug-likeness (QED) is 0.523. The van der Waals surface area contributed by atoms with E-state index in [0.29, 0.717) is 5.82 Å². The van der Waals surface area contributed by atoms with Gasteiger partial charge in [0.2, 0.25) is 0 Å². The molecule has 1 aromatic heterocycles. The van der Waals surface area contributed by atoms with Crippen LogP contribution in [0.4, 0.5) is 5.82 Å². The van der Waals surface area contributed by atoms with Gasteiger partial charge in [0, 0.05) is 69.5 Å². The molecular weight excluding hydrogens is 398 g/mol. The first-order valence-corrected chi connectivity index (χ1v) is 11.0. The van der Waals surface area contributed by atoms with Crippen molar-refractivity contribution in [2.45, 2.75) is 25.9 Å². The smallest absolute Gasteiger partial charge is 0.161 e. The maximum absolute atomic E-state index is 9.97. The molecule has 2 aromatic rings. The van der Waals surface area contributed by atoms with E-state index >= 15 is 0 Å². The van der Waals surface area contributed by atoms with Crippen molar-refractivity contribution in [2.24, 2.45) is 4.99 Å². The Hall–Kier alpha value is -3.25. The molecule has 0 aliphatic carbocycles. The predicted molar refractivity (Wildman–Crippen MR) is 135 cm³/mol. The van der Waals surface area contributed by atoms with Crippen LogP contribution in [-0.4, -0.2) is 66.5 Å². The van der Waals surface area contributed by atoms with Gasteiger partial charge in [-0.15, -0.1) is 0 Å². The second-order valence-electron chi connectivity index (χ2n) is 8.11. The number of piperidine rings is 1. The Balaban J connectivity index is 2.08. The standard InChI is InChI=1S/C26H33N5O/c1-6-19(16-27-3)24-17-28-25(29-26(24)31-13-11-23(32)12-14-31)22-10-8-9-21(15-22)20(7-2)18-30(4)5/h6-10,15-18,23,32H,2,11-14H2,1,3-5H3/b19-6+,20-18+,27-16-. The maximum atomic E-state index is 9.97. The lowest BCUT2D eigenvalue weighted by Crippen LogP contribution is -2.37. The van der Waals surface area contributed by atoms with Crippen LogP contribution in [0, 0.1) is 0 Å². The molecule has 32 heavy (non-hydrogen) atoms. The fourth-order valence-electron chi connectivity index (χ4n) is 3.83. The van der Waals surface area contributed by atoms with Gasteiger partial charge >= 0.3 is 0 Å². The van der Waals surface area contributed by atoms with Crippen molar-refractivity contribution in [3.05, 3.63) is 66.5 Å². The number of anilines is 1. The van der Waals surface area contributed by atoms with Gasteiger partial charge in [0.15, 0.2) is 5.82 Å². The molecule has 0 saturated carbocycles. The lowest BCUT2D eigenvalue weighted by Gasteiger charge is -2.32. The lowest BCUT2D eigenvalue weighted by atomic mass is 10.0. The summed E-state index contributed by atoms with van der Waals surface area (Å²) in [5.41, 5.74) is 4.98. The van der Waals surface area contributed by atoms with Crippen LogP contribution in [0.25, 0.3) is 22.5 Å². The zero-order chi connectivity index (χ0) is 23.1. The van der Waals surface area contributed by atoms with Gasteiger partial charge in [0.25, 0.3) is 0 Å². The highest BCUT2D eigenvalue weighted by Gasteiger charge is 2.22. The molecule has 0 unspecified atom stereocenters. The number of benzene rings is 1. The van der Waals surface area contributed by atoms with Gasteiger partial charge < -0.3 is 14.9 Å². The van der Waals surface area contributed by atoms with Gasteiger partial charge in [-0.1, -0.05) is 36.9 Å². The molecule has 1 aliphatic rings. The molecule has 2 heterocycles. The molecule has 6 heteroatoms. The lowest BCUT2D eigenvalue weighted by molar-refractivity contribution is 0.145. The number of nitrogens with zero attached hydrogens (tertiary/aromatic N) is 5. The average Bonchev–Trinajstić information content (AvgIpc) is 2.81. The van der Waals surface area contributed by atoms with Crippen molar-refractivity contribution in [3.63, 3.8) is 0 Å². The third kappa shape index (κ3) is 5.51. The number of aliphatic hydroxyl groups excluding tert-OH is 1. The summed E-state index contributed by atoms with van der Waals surface area (Å²) in [5.74, 6) is 1.56. The first-order valence-electron chi connectivity index (χ1n) is 11.0. The van der Waals surface area contributed by atoms with Crippen LogP contribution in [0.1, 0.15) is 30.9 Å². The molecule has 1 aliphatic heterocycles. The molecule has 3 rings (SSSR count). The summed E-state index contributed by atoms with van der Waals surface area (Å²) in [6.07, 6.45) is 10.9. The minimum Gasteiger partial charge on any atom is -0.393 e. The first-order chi connectivity index (χ1) is 15.5. The highest BCUT2D eigenvalue weighted by Crippen LogP contribution is 2.30. The predicted octanol–water partition coefficient (Wildman–Crippen LogP) is 4.30. The minimum atomic E-state index is -0.244. The second kappa shape index (κ2) is 10.9. The molecule has 0 spiro atoms. The third-order valence-electron chi connectivity index (χ3n) is 5.49. The Bertz CT molecular complexity index is 1030. The van der Waals surface area contributed by atoms with Gasteiger partial charge in [0.1, 0.15) is 5.82 Å². The summed E-state index contributed by atoms with van der Waals surface area (Å²) in [6.45, 7) is 7.47. The van der Waals surface area contributed by atoms with E-state index in [1.807, 2.05) is 68.8 Å². The highest BCUT2D eigenvalue weighted by atomic mass is 16.3. The number of hydrogen-bond donors (Lipinski definition) is 1. The molecule has 0 bridgehead atoms. The van der Waals surface area contributed by atoms with Crippen LogP contribution >= 0.6 is 0 Å². The maximum Gasteiger partial charge on any atom is 0.161 e. The zero-order valence-corrected chi connectivity index (χ0v) is 19.5. The van der Waals surface area contributed by atoms with Crippen molar-refractivity contribution in [2.75, 3.05) is 39.1 Å². The number of aliphatic imine (C=N–C) groups is 1. The highest BCUT2D eigenvalue weighted by molar-refractivity contribution is 6.11. The van der Waals surface area contributed by atoms with Gasteiger partial charge in [-0.05, 0) is 37.0 Å². The van der Waals surface area contributed by atoms with E-state index in [1.54, 1.807) is 7.05 Å². The molecule has 1 fully saturated rings. The molecule has 0 radical (unpaired) electrons. The number of rotatable bonds is 7. The Kier molecular flexibility index (Phi) is 7.95. The van der Waals surface area contributed by atoms with Crippen molar-refractivity contribution in [1.82, 2.24) is 14.9 Å². The monoisotopic (exact) mass is 431 g/mol. The Morgan fingerprint density at radius 3 is 2.62 bits per heavy atom. The Morgan fingerprint density at radius 2 is 2.00 bits per heavy atom. The second-order valence-corrected chi connectivity index (χ2v) is 8.11. The molecule has 1 N–H and O–H groups in total. The normalized spacial score (nSPS) is 16.0. The average molecular weight is 432 g/mol. The van der Waals surface area contributed by atoms with Crippen LogP contribution in [0.3, 0.4) is 0 Å². The molecular formula is C26H33N5O.